The highest BCUT2D eigenvalue weighted by Gasteiger charge is 2.62. The first-order chi connectivity index (χ1) is 9.93. The minimum atomic E-state index is 0.287. The number of hydrogen-bond acceptors (Lipinski definition) is 3. The predicted octanol–water partition coefficient (Wildman–Crippen LogP) is 5.44. The minimum Gasteiger partial charge on any atom is -0.475 e. The summed E-state index contributed by atoms with van der Waals surface area (Å²) in [6.07, 6.45) is 4.12. The van der Waals surface area contributed by atoms with Gasteiger partial charge in [0, 0.05) is 11.2 Å². The van der Waals surface area contributed by atoms with Gasteiger partial charge in [-0.15, -0.1) is 0 Å². The van der Waals surface area contributed by atoms with Crippen LogP contribution < -0.4 is 0 Å². The Balaban J connectivity index is 1.57. The van der Waals surface area contributed by atoms with Crippen molar-refractivity contribution in [2.75, 3.05) is 0 Å². The molecule has 1 aromatic rings. The highest BCUT2D eigenvalue weighted by atomic mass is 32.2. The van der Waals surface area contributed by atoms with Crippen molar-refractivity contribution in [3.63, 3.8) is 0 Å². The van der Waals surface area contributed by atoms with E-state index >= 15 is 0 Å². The molecule has 2 saturated carbocycles. The van der Waals surface area contributed by atoms with E-state index in [0.29, 0.717) is 15.9 Å². The molecule has 2 aliphatic carbocycles. The second-order valence-electron chi connectivity index (χ2n) is 7.24. The minimum absolute atomic E-state index is 0.287. The summed E-state index contributed by atoms with van der Waals surface area (Å²) in [6.45, 7) is 7.22. The lowest BCUT2D eigenvalue weighted by Crippen LogP contribution is -2.37. The van der Waals surface area contributed by atoms with E-state index in [9.17, 15) is 0 Å². The molecular weight excluding hydrogens is 296 g/mol. The van der Waals surface area contributed by atoms with Gasteiger partial charge in [-0.25, -0.2) is 0 Å². The molecule has 1 nitrogen and oxygen atoms in total. The number of thioether (sulfide) groups is 1. The molecule has 2 aliphatic rings. The Morgan fingerprint density at radius 2 is 2.00 bits per heavy atom. The second kappa shape index (κ2) is 5.58. The Kier molecular flexibility index (Phi) is 4.08. The second-order valence-corrected chi connectivity index (χ2v) is 8.82. The van der Waals surface area contributed by atoms with E-state index in [1.807, 2.05) is 6.07 Å². The Hall–Kier alpha value is -0.540. The van der Waals surface area contributed by atoms with Crippen molar-refractivity contribution in [3.05, 3.63) is 35.9 Å². The number of rotatable bonds is 3. The number of hydrogen-bond donors (Lipinski definition) is 0. The summed E-state index contributed by atoms with van der Waals surface area (Å²) in [5.74, 6) is 1.70. The third kappa shape index (κ3) is 2.63. The van der Waals surface area contributed by atoms with Crippen LogP contribution in [0.1, 0.15) is 45.6 Å². The van der Waals surface area contributed by atoms with Gasteiger partial charge in [-0.05, 0) is 48.4 Å². The molecule has 3 heteroatoms. The van der Waals surface area contributed by atoms with Gasteiger partial charge in [-0.1, -0.05) is 62.9 Å². The topological polar surface area (TPSA) is 9.23 Å². The van der Waals surface area contributed by atoms with Crippen LogP contribution in [-0.4, -0.2) is 10.5 Å². The Morgan fingerprint density at radius 1 is 1.29 bits per heavy atom. The van der Waals surface area contributed by atoms with Crippen LogP contribution in [0.2, 0.25) is 0 Å². The Bertz CT molecular complexity index is 525. The zero-order chi connectivity index (χ0) is 15.1. The summed E-state index contributed by atoms with van der Waals surface area (Å²) < 4.78 is 6.92. The first-order valence-corrected chi connectivity index (χ1v) is 9.20. The summed E-state index contributed by atoms with van der Waals surface area (Å²) in [6, 6.07) is 10.5. The molecule has 0 saturated heterocycles. The normalized spacial score (nSPS) is 33.1. The Morgan fingerprint density at radius 3 is 2.57 bits per heavy atom. The van der Waals surface area contributed by atoms with Crippen molar-refractivity contribution in [1.29, 1.82) is 0 Å². The summed E-state index contributed by atoms with van der Waals surface area (Å²) in [4.78, 5) is 0. The zero-order valence-corrected chi connectivity index (χ0v) is 14.7. The molecule has 3 atom stereocenters. The zero-order valence-electron chi connectivity index (χ0n) is 13.1. The van der Waals surface area contributed by atoms with Gasteiger partial charge in [0.1, 0.15) is 6.10 Å². The molecule has 114 valence electrons. The molecule has 0 unspecified atom stereocenters. The highest BCUT2D eigenvalue weighted by molar-refractivity contribution is 8.22. The summed E-state index contributed by atoms with van der Waals surface area (Å²) in [5.41, 5.74) is 1.97. The van der Waals surface area contributed by atoms with E-state index in [1.165, 1.54) is 24.8 Å². The van der Waals surface area contributed by atoms with Gasteiger partial charge in [-0.3, -0.25) is 0 Å². The summed E-state index contributed by atoms with van der Waals surface area (Å²) in [7, 11) is 0. The first-order valence-electron chi connectivity index (χ1n) is 7.81. The fraction of sp³-hybridized carbons (Fsp3) is 0.611. The smallest absolute Gasteiger partial charge is 0.220 e. The Labute approximate surface area is 137 Å². The number of thiocarbonyl (C=S) groups is 1. The van der Waals surface area contributed by atoms with Gasteiger partial charge in [0.2, 0.25) is 4.38 Å². The van der Waals surface area contributed by atoms with Gasteiger partial charge < -0.3 is 4.74 Å². The van der Waals surface area contributed by atoms with Crippen LogP contribution in [0.5, 0.6) is 0 Å². The molecular formula is C18H24OS2. The maximum Gasteiger partial charge on any atom is 0.220 e. The van der Waals surface area contributed by atoms with Gasteiger partial charge in [0.25, 0.3) is 0 Å². The van der Waals surface area contributed by atoms with Gasteiger partial charge in [0.15, 0.2) is 0 Å². The van der Waals surface area contributed by atoms with Crippen molar-refractivity contribution in [2.45, 2.75) is 51.9 Å². The van der Waals surface area contributed by atoms with Gasteiger partial charge in [-0.2, -0.15) is 0 Å². The van der Waals surface area contributed by atoms with Crippen molar-refractivity contribution >= 4 is 28.4 Å². The summed E-state index contributed by atoms with van der Waals surface area (Å²) >= 11 is 7.12. The number of benzene rings is 1. The van der Waals surface area contributed by atoms with E-state index in [-0.39, 0.29) is 5.41 Å². The lowest BCUT2D eigenvalue weighted by Gasteiger charge is -2.38. The third-order valence-electron chi connectivity index (χ3n) is 6.15. The molecule has 0 radical (unpaired) electrons. The van der Waals surface area contributed by atoms with Gasteiger partial charge >= 0.3 is 0 Å². The molecule has 21 heavy (non-hydrogen) atoms. The van der Waals surface area contributed by atoms with Crippen molar-refractivity contribution in [3.8, 4) is 0 Å². The average Bonchev–Trinajstić information content (AvgIpc) is 2.79. The SMILES string of the molecule is CC1(C)[C@@H]2CC[C@@]1(C)[C@@H](OC(=S)SCc1ccccc1)C2. The van der Waals surface area contributed by atoms with E-state index in [0.717, 1.165) is 11.7 Å². The van der Waals surface area contributed by atoms with Crippen LogP contribution in [0.25, 0.3) is 0 Å². The van der Waals surface area contributed by atoms with E-state index in [4.69, 9.17) is 17.0 Å². The van der Waals surface area contributed by atoms with E-state index in [2.05, 4.69) is 45.0 Å². The number of ether oxygens (including phenoxy) is 1. The largest absolute Gasteiger partial charge is 0.475 e. The fourth-order valence-electron chi connectivity index (χ4n) is 4.18. The van der Waals surface area contributed by atoms with Crippen molar-refractivity contribution < 1.29 is 4.74 Å². The molecule has 0 spiro atoms. The summed E-state index contributed by atoms with van der Waals surface area (Å²) in [5, 5.41) is 0. The van der Waals surface area contributed by atoms with Crippen molar-refractivity contribution in [2.24, 2.45) is 16.7 Å². The van der Waals surface area contributed by atoms with Gasteiger partial charge in [0.05, 0.1) is 0 Å². The van der Waals surface area contributed by atoms with Crippen LogP contribution >= 0.6 is 24.0 Å². The average molecular weight is 321 g/mol. The lowest BCUT2D eigenvalue weighted by atomic mass is 9.70. The van der Waals surface area contributed by atoms with Crippen LogP contribution in [0.15, 0.2) is 30.3 Å². The molecule has 3 rings (SSSR count). The molecule has 0 aromatic heterocycles. The standard InChI is InChI=1S/C18H24OS2/c1-17(2)14-9-10-18(17,3)15(11-14)19-16(20)21-12-13-7-5-4-6-8-13/h4-8,14-15H,9-12H2,1-3H3/t14-,15+,18+/m1/s1. The molecule has 2 bridgehead atoms. The van der Waals surface area contributed by atoms with Crippen LogP contribution in [0, 0.1) is 16.7 Å². The quantitative estimate of drug-likeness (QED) is 0.687. The fourth-order valence-corrected chi connectivity index (χ4v) is 5.13. The van der Waals surface area contributed by atoms with Crippen LogP contribution in [0.4, 0.5) is 0 Å². The van der Waals surface area contributed by atoms with Crippen LogP contribution in [0.3, 0.4) is 0 Å². The lowest BCUT2D eigenvalue weighted by molar-refractivity contribution is 0.0271. The molecule has 0 aliphatic heterocycles. The monoisotopic (exact) mass is 320 g/mol. The molecule has 1 aromatic carbocycles. The number of fused-ring (bicyclic) bond motifs is 2. The highest BCUT2D eigenvalue weighted by Crippen LogP contribution is 2.66. The maximum atomic E-state index is 6.20. The van der Waals surface area contributed by atoms with Crippen LogP contribution in [-0.2, 0) is 10.5 Å². The molecule has 0 N–H and O–H groups in total. The van der Waals surface area contributed by atoms with E-state index in [1.54, 1.807) is 11.8 Å². The molecule has 0 amide bonds. The van der Waals surface area contributed by atoms with Crippen molar-refractivity contribution in [1.82, 2.24) is 0 Å². The third-order valence-corrected chi connectivity index (χ3v) is 7.41. The first kappa shape index (κ1) is 15.4. The molecule has 0 heterocycles. The molecule has 2 fully saturated rings. The predicted molar refractivity (Wildman–Crippen MR) is 94.4 cm³/mol. The maximum absolute atomic E-state index is 6.20. The van der Waals surface area contributed by atoms with E-state index < -0.39 is 0 Å².